The summed E-state index contributed by atoms with van der Waals surface area (Å²) < 4.78 is 38.3. The van der Waals surface area contributed by atoms with Gasteiger partial charge in [-0.3, -0.25) is 0 Å². The van der Waals surface area contributed by atoms with Crippen LogP contribution in [0.1, 0.15) is 0 Å². The van der Waals surface area contributed by atoms with Gasteiger partial charge in [0, 0.05) is 5.69 Å². The van der Waals surface area contributed by atoms with Crippen molar-refractivity contribution in [1.29, 1.82) is 0 Å². The van der Waals surface area contributed by atoms with E-state index in [2.05, 4.69) is 0 Å². The molecule has 2 aromatic carbocycles. The second-order valence-corrected chi connectivity index (χ2v) is 6.87. The molecule has 0 aliphatic heterocycles. The predicted octanol–water partition coefficient (Wildman–Crippen LogP) is 2.39. The minimum Gasteiger partial charge on any atom is -0.491 e. The molecule has 0 spiro atoms. The van der Waals surface area contributed by atoms with Crippen molar-refractivity contribution in [3.63, 3.8) is 0 Å². The van der Waals surface area contributed by atoms with Crippen molar-refractivity contribution < 1.29 is 33.2 Å². The summed E-state index contributed by atoms with van der Waals surface area (Å²) in [5.74, 6) is 1.45. The summed E-state index contributed by atoms with van der Waals surface area (Å²) in [6.07, 6.45) is 0. The van der Waals surface area contributed by atoms with E-state index in [0.29, 0.717) is 96.4 Å². The number of ether oxygens (including phenoxy) is 7. The van der Waals surface area contributed by atoms with Gasteiger partial charge in [-0.1, -0.05) is 12.1 Å². The van der Waals surface area contributed by atoms with Gasteiger partial charge in [0.25, 0.3) is 0 Å². The SMILES string of the molecule is Nc1ccc(OCCOCCOCCOCCOCCOCCOc2ccccc2N)cc1. The largest absolute Gasteiger partial charge is 0.491 e. The topological polar surface area (TPSA) is 117 Å². The fraction of sp³-hybridized carbons (Fsp3) is 0.500. The fourth-order valence-corrected chi connectivity index (χ4v) is 2.59. The first-order valence-corrected chi connectivity index (χ1v) is 11.1. The summed E-state index contributed by atoms with van der Waals surface area (Å²) in [4.78, 5) is 0. The van der Waals surface area contributed by atoms with E-state index in [1.54, 1.807) is 18.2 Å². The Morgan fingerprint density at radius 3 is 1.36 bits per heavy atom. The predicted molar refractivity (Wildman–Crippen MR) is 127 cm³/mol. The van der Waals surface area contributed by atoms with Crippen LogP contribution in [0.3, 0.4) is 0 Å². The molecule has 0 atom stereocenters. The minimum absolute atomic E-state index is 0.444. The van der Waals surface area contributed by atoms with Gasteiger partial charge in [-0.15, -0.1) is 0 Å². The number of rotatable bonds is 20. The van der Waals surface area contributed by atoms with Crippen molar-refractivity contribution in [1.82, 2.24) is 0 Å². The Morgan fingerprint density at radius 2 is 0.879 bits per heavy atom. The lowest BCUT2D eigenvalue weighted by molar-refractivity contribution is -0.0141. The van der Waals surface area contributed by atoms with E-state index in [0.717, 1.165) is 5.75 Å². The standard InChI is InChI=1S/C24H36N2O7/c25-21-5-7-22(8-6-21)32-19-17-30-15-13-28-11-9-27-10-12-29-14-16-31-18-20-33-24-4-2-1-3-23(24)26/h1-8H,9-20,25-26H2. The third kappa shape index (κ3) is 13.6. The highest BCUT2D eigenvalue weighted by atomic mass is 16.6. The molecule has 0 aliphatic rings. The maximum Gasteiger partial charge on any atom is 0.142 e. The number of benzene rings is 2. The summed E-state index contributed by atoms with van der Waals surface area (Å²) in [7, 11) is 0. The van der Waals surface area contributed by atoms with E-state index in [1.165, 1.54) is 0 Å². The lowest BCUT2D eigenvalue weighted by Gasteiger charge is -2.10. The average Bonchev–Trinajstić information content (AvgIpc) is 2.83. The van der Waals surface area contributed by atoms with E-state index >= 15 is 0 Å². The van der Waals surface area contributed by atoms with Gasteiger partial charge < -0.3 is 44.6 Å². The van der Waals surface area contributed by atoms with Crippen LogP contribution in [0.15, 0.2) is 48.5 Å². The van der Waals surface area contributed by atoms with Crippen LogP contribution in [0, 0.1) is 0 Å². The van der Waals surface area contributed by atoms with Crippen molar-refractivity contribution in [2.45, 2.75) is 0 Å². The molecule has 0 bridgehead atoms. The number of nitrogens with two attached hydrogens (primary N) is 2. The van der Waals surface area contributed by atoms with E-state index in [-0.39, 0.29) is 0 Å². The Labute approximate surface area is 195 Å². The molecule has 0 aliphatic carbocycles. The molecule has 0 saturated carbocycles. The van der Waals surface area contributed by atoms with Gasteiger partial charge in [0.15, 0.2) is 0 Å². The van der Waals surface area contributed by atoms with E-state index in [4.69, 9.17) is 44.6 Å². The van der Waals surface area contributed by atoms with E-state index in [1.807, 2.05) is 30.3 Å². The normalized spacial score (nSPS) is 10.9. The maximum atomic E-state index is 5.80. The van der Waals surface area contributed by atoms with Gasteiger partial charge >= 0.3 is 0 Å². The Balaban J connectivity index is 1.24. The highest BCUT2D eigenvalue weighted by molar-refractivity contribution is 5.51. The molecule has 2 rings (SSSR count). The Hall–Kier alpha value is -2.56. The Bertz CT molecular complexity index is 731. The van der Waals surface area contributed by atoms with Gasteiger partial charge in [0.05, 0.1) is 71.8 Å². The van der Waals surface area contributed by atoms with Gasteiger partial charge in [0.2, 0.25) is 0 Å². The first-order chi connectivity index (χ1) is 16.3. The lowest BCUT2D eigenvalue weighted by atomic mass is 10.3. The van der Waals surface area contributed by atoms with Gasteiger partial charge in [-0.25, -0.2) is 0 Å². The average molecular weight is 465 g/mol. The minimum atomic E-state index is 0.444. The van der Waals surface area contributed by atoms with Crippen LogP contribution in [0.5, 0.6) is 11.5 Å². The third-order valence-electron chi connectivity index (χ3n) is 4.27. The smallest absolute Gasteiger partial charge is 0.142 e. The summed E-state index contributed by atoms with van der Waals surface area (Å²) in [5.41, 5.74) is 12.8. The zero-order valence-electron chi connectivity index (χ0n) is 19.1. The molecule has 0 amide bonds. The van der Waals surface area contributed by atoms with Crippen LogP contribution < -0.4 is 20.9 Å². The van der Waals surface area contributed by atoms with Crippen molar-refractivity contribution in [3.05, 3.63) is 48.5 Å². The van der Waals surface area contributed by atoms with Crippen LogP contribution in [0.4, 0.5) is 11.4 Å². The van der Waals surface area contributed by atoms with Crippen LogP contribution in [-0.2, 0) is 23.7 Å². The van der Waals surface area contributed by atoms with E-state index < -0.39 is 0 Å². The van der Waals surface area contributed by atoms with E-state index in [9.17, 15) is 0 Å². The van der Waals surface area contributed by atoms with Gasteiger partial charge in [-0.05, 0) is 36.4 Å². The second kappa shape index (κ2) is 17.9. The third-order valence-corrected chi connectivity index (χ3v) is 4.27. The van der Waals surface area contributed by atoms with Crippen molar-refractivity contribution in [3.8, 4) is 11.5 Å². The number of hydrogen-bond donors (Lipinski definition) is 2. The molecular weight excluding hydrogens is 428 g/mol. The van der Waals surface area contributed by atoms with Crippen LogP contribution >= 0.6 is 0 Å². The van der Waals surface area contributed by atoms with Gasteiger partial charge in [0.1, 0.15) is 24.7 Å². The molecule has 4 N–H and O–H groups in total. The molecule has 0 radical (unpaired) electrons. The van der Waals surface area contributed by atoms with Crippen LogP contribution in [0.25, 0.3) is 0 Å². The summed E-state index contributed by atoms with van der Waals surface area (Å²) >= 11 is 0. The zero-order valence-corrected chi connectivity index (χ0v) is 19.1. The number of hydrogen-bond acceptors (Lipinski definition) is 9. The number of anilines is 2. The molecule has 0 heterocycles. The highest BCUT2D eigenvalue weighted by Gasteiger charge is 1.98. The summed E-state index contributed by atoms with van der Waals surface area (Å²) in [5, 5.41) is 0. The lowest BCUT2D eigenvalue weighted by Crippen LogP contribution is -2.15. The zero-order chi connectivity index (χ0) is 23.4. The fourth-order valence-electron chi connectivity index (χ4n) is 2.59. The highest BCUT2D eigenvalue weighted by Crippen LogP contribution is 2.19. The van der Waals surface area contributed by atoms with Crippen molar-refractivity contribution in [2.75, 3.05) is 90.7 Å². The monoisotopic (exact) mass is 464 g/mol. The molecule has 0 fully saturated rings. The summed E-state index contributed by atoms with van der Waals surface area (Å²) in [6.45, 7) is 5.99. The quantitative estimate of drug-likeness (QED) is 0.225. The molecule has 184 valence electrons. The number of para-hydroxylation sites is 2. The molecule has 9 heteroatoms. The Kier molecular flexibility index (Phi) is 14.5. The first kappa shape index (κ1) is 26.7. The molecule has 33 heavy (non-hydrogen) atoms. The second-order valence-electron chi connectivity index (χ2n) is 6.87. The molecular formula is C24H36N2O7. The van der Waals surface area contributed by atoms with Crippen molar-refractivity contribution >= 4 is 11.4 Å². The summed E-state index contributed by atoms with van der Waals surface area (Å²) in [6, 6.07) is 14.6. The number of nitrogen functional groups attached to an aromatic ring is 2. The Morgan fingerprint density at radius 1 is 0.455 bits per heavy atom. The molecule has 0 aromatic heterocycles. The van der Waals surface area contributed by atoms with Crippen LogP contribution in [0.2, 0.25) is 0 Å². The van der Waals surface area contributed by atoms with Gasteiger partial charge in [-0.2, -0.15) is 0 Å². The maximum absolute atomic E-state index is 5.80. The molecule has 9 nitrogen and oxygen atoms in total. The van der Waals surface area contributed by atoms with Crippen LogP contribution in [-0.4, -0.2) is 79.3 Å². The molecule has 2 aromatic rings. The first-order valence-electron chi connectivity index (χ1n) is 11.1. The van der Waals surface area contributed by atoms with Crippen molar-refractivity contribution in [2.24, 2.45) is 0 Å². The molecule has 0 unspecified atom stereocenters. The molecule has 0 saturated heterocycles.